The van der Waals surface area contributed by atoms with Gasteiger partial charge < -0.3 is 80.1 Å². The van der Waals surface area contributed by atoms with Gasteiger partial charge in [0.2, 0.25) is 5.91 Å². The Balaban J connectivity index is 1.80. The first-order valence-corrected chi connectivity index (χ1v) is 11.6. The highest BCUT2D eigenvalue weighted by atomic mass is 16.7. The highest BCUT2D eigenvalue weighted by Crippen LogP contribution is 2.32. The minimum Gasteiger partial charge on any atom is -0.394 e. The Labute approximate surface area is 210 Å². The normalized spacial score (nSPS) is 49.0. The quantitative estimate of drug-likeness (QED) is 0.135. The van der Waals surface area contributed by atoms with Crippen LogP contribution in [0.1, 0.15) is 6.92 Å². The molecule has 3 rings (SSSR count). The van der Waals surface area contributed by atoms with Gasteiger partial charge in [-0.25, -0.2) is 0 Å². The first-order chi connectivity index (χ1) is 17.4. The number of aliphatic hydroxyl groups is 10. The molecular formula is C20H35NO16. The van der Waals surface area contributed by atoms with Crippen LogP contribution < -0.4 is 5.32 Å². The second-order valence-corrected chi connectivity index (χ2v) is 9.07. The summed E-state index contributed by atoms with van der Waals surface area (Å²) in [4.78, 5) is 11.5. The molecule has 3 aliphatic heterocycles. The summed E-state index contributed by atoms with van der Waals surface area (Å²) in [7, 11) is 0. The van der Waals surface area contributed by atoms with Crippen molar-refractivity contribution in [3.63, 3.8) is 0 Å². The molecule has 0 bridgehead atoms. The lowest BCUT2D eigenvalue weighted by atomic mass is 9.95. The van der Waals surface area contributed by atoms with E-state index in [0.29, 0.717) is 0 Å². The van der Waals surface area contributed by atoms with Crippen LogP contribution in [0.5, 0.6) is 0 Å². The maximum Gasteiger partial charge on any atom is 0.217 e. The van der Waals surface area contributed by atoms with Gasteiger partial charge in [-0.05, 0) is 0 Å². The molecule has 1 amide bonds. The fourth-order valence-corrected chi connectivity index (χ4v) is 4.46. The van der Waals surface area contributed by atoms with E-state index in [0.717, 1.165) is 6.92 Å². The molecule has 0 aromatic carbocycles. The standard InChI is InChI=1S/C20H35NO16/c1-5(25)21-9-12(28)16(8(4-24)33-18(9)32)36-20-15(31)17(11(27)7(3-23)35-20)37-19-14(30)13(29)10(26)6(2-22)34-19/h6-20,22-24,26-32H,2-4H2,1H3,(H,21,25)/t6?,7?,8-,9?,10+,11+,12?,13+,14?,15?,16-,17+,18?,19+,20+/m1/s1. The van der Waals surface area contributed by atoms with Crippen LogP contribution >= 0.6 is 0 Å². The van der Waals surface area contributed by atoms with E-state index in [1.807, 2.05) is 0 Å². The fourth-order valence-electron chi connectivity index (χ4n) is 4.46. The molecule has 7 unspecified atom stereocenters. The van der Waals surface area contributed by atoms with Crippen LogP contribution in [0.2, 0.25) is 0 Å². The summed E-state index contributed by atoms with van der Waals surface area (Å²) in [6, 6.07) is -1.40. The molecule has 0 saturated carbocycles. The predicted molar refractivity (Wildman–Crippen MR) is 113 cm³/mol. The zero-order valence-electron chi connectivity index (χ0n) is 19.7. The molecule has 3 heterocycles. The lowest BCUT2D eigenvalue weighted by Gasteiger charge is -2.48. The average molecular weight is 545 g/mol. The second kappa shape index (κ2) is 12.8. The SMILES string of the molecule is CC(=O)NC1C(O)O[C@H](CO)[C@@H](O[C@@H]2OC(CO)[C@H](O)[C@H](O[C@@H]3OC(CO)[C@H](O)[C@H](O)C3O)C2O)C1O. The molecule has 216 valence electrons. The van der Waals surface area contributed by atoms with Crippen LogP contribution in [0.15, 0.2) is 0 Å². The van der Waals surface area contributed by atoms with Crippen LogP contribution in [-0.2, 0) is 28.5 Å². The first kappa shape index (κ1) is 30.4. The first-order valence-electron chi connectivity index (χ1n) is 11.6. The van der Waals surface area contributed by atoms with Crippen molar-refractivity contribution in [3.8, 4) is 0 Å². The van der Waals surface area contributed by atoms with Gasteiger partial charge in [-0.3, -0.25) is 4.79 Å². The number of aliphatic hydroxyl groups excluding tert-OH is 10. The monoisotopic (exact) mass is 545 g/mol. The topological polar surface area (TPSA) is 278 Å². The van der Waals surface area contributed by atoms with Crippen LogP contribution in [0.3, 0.4) is 0 Å². The van der Waals surface area contributed by atoms with Crippen molar-refractivity contribution in [2.75, 3.05) is 19.8 Å². The Bertz CT molecular complexity index is 745. The van der Waals surface area contributed by atoms with E-state index in [4.69, 9.17) is 23.7 Å². The zero-order chi connectivity index (χ0) is 27.6. The Kier molecular flexibility index (Phi) is 10.5. The number of hydrogen-bond acceptors (Lipinski definition) is 16. The van der Waals surface area contributed by atoms with Crippen molar-refractivity contribution >= 4 is 5.91 Å². The average Bonchev–Trinajstić information content (AvgIpc) is 2.86. The summed E-state index contributed by atoms with van der Waals surface area (Å²) in [5, 5.41) is 103. The van der Waals surface area contributed by atoms with E-state index in [9.17, 15) is 55.9 Å². The van der Waals surface area contributed by atoms with Gasteiger partial charge in [0.05, 0.1) is 19.8 Å². The Hall–Kier alpha value is -1.13. The summed E-state index contributed by atoms with van der Waals surface area (Å²) in [6.07, 6.45) is -23.4. The molecule has 0 radical (unpaired) electrons. The third kappa shape index (κ3) is 6.38. The molecule has 3 saturated heterocycles. The highest BCUT2D eigenvalue weighted by molar-refractivity contribution is 5.73. The Morgan fingerprint density at radius 3 is 1.70 bits per heavy atom. The molecule has 0 spiro atoms. The third-order valence-corrected chi connectivity index (χ3v) is 6.50. The minimum atomic E-state index is -1.91. The number of carbonyl (C=O) groups is 1. The second-order valence-electron chi connectivity index (χ2n) is 9.07. The van der Waals surface area contributed by atoms with Crippen LogP contribution in [0.25, 0.3) is 0 Å². The summed E-state index contributed by atoms with van der Waals surface area (Å²) < 4.78 is 26.9. The highest BCUT2D eigenvalue weighted by Gasteiger charge is 2.53. The maximum absolute atomic E-state index is 11.5. The summed E-state index contributed by atoms with van der Waals surface area (Å²) in [6.45, 7) is -1.23. The van der Waals surface area contributed by atoms with Gasteiger partial charge in [-0.2, -0.15) is 0 Å². The van der Waals surface area contributed by atoms with Crippen LogP contribution in [0, 0.1) is 0 Å². The zero-order valence-corrected chi connectivity index (χ0v) is 19.7. The van der Waals surface area contributed by atoms with E-state index in [2.05, 4.69) is 5.32 Å². The number of amides is 1. The van der Waals surface area contributed by atoms with Gasteiger partial charge in [-0.15, -0.1) is 0 Å². The van der Waals surface area contributed by atoms with Crippen LogP contribution in [0.4, 0.5) is 0 Å². The maximum atomic E-state index is 11.5. The molecular weight excluding hydrogens is 510 g/mol. The summed E-state index contributed by atoms with van der Waals surface area (Å²) in [5.41, 5.74) is 0. The molecule has 0 aliphatic carbocycles. The summed E-state index contributed by atoms with van der Waals surface area (Å²) >= 11 is 0. The van der Waals surface area contributed by atoms with E-state index >= 15 is 0 Å². The summed E-state index contributed by atoms with van der Waals surface area (Å²) in [5.74, 6) is -0.627. The van der Waals surface area contributed by atoms with Gasteiger partial charge in [0.15, 0.2) is 18.9 Å². The van der Waals surface area contributed by atoms with E-state index in [-0.39, 0.29) is 0 Å². The van der Waals surface area contributed by atoms with Crippen LogP contribution in [-0.4, -0.2) is 169 Å². The Morgan fingerprint density at radius 2 is 1.16 bits per heavy atom. The fraction of sp³-hybridized carbons (Fsp3) is 0.950. The number of nitrogens with one attached hydrogen (secondary N) is 1. The number of rotatable bonds is 8. The largest absolute Gasteiger partial charge is 0.394 e. The molecule has 17 nitrogen and oxygen atoms in total. The molecule has 15 atom stereocenters. The predicted octanol–water partition coefficient (Wildman–Crippen LogP) is -7.43. The van der Waals surface area contributed by atoms with Crippen molar-refractivity contribution in [1.82, 2.24) is 5.32 Å². The van der Waals surface area contributed by atoms with Gasteiger partial charge in [0.1, 0.15) is 73.2 Å². The number of carbonyl (C=O) groups excluding carboxylic acids is 1. The molecule has 0 aromatic heterocycles. The molecule has 17 heteroatoms. The van der Waals surface area contributed by atoms with E-state index in [1.165, 1.54) is 0 Å². The van der Waals surface area contributed by atoms with E-state index < -0.39 is 118 Å². The van der Waals surface area contributed by atoms with Crippen molar-refractivity contribution in [2.45, 2.75) is 99.0 Å². The third-order valence-electron chi connectivity index (χ3n) is 6.50. The van der Waals surface area contributed by atoms with E-state index in [1.54, 1.807) is 0 Å². The molecule has 37 heavy (non-hydrogen) atoms. The van der Waals surface area contributed by atoms with Gasteiger partial charge in [0, 0.05) is 6.92 Å². The minimum absolute atomic E-state index is 0.627. The molecule has 3 fully saturated rings. The molecule has 3 aliphatic rings. The van der Waals surface area contributed by atoms with Gasteiger partial charge in [0.25, 0.3) is 0 Å². The number of hydrogen-bond donors (Lipinski definition) is 11. The van der Waals surface area contributed by atoms with Crippen molar-refractivity contribution < 1.29 is 79.5 Å². The lowest BCUT2D eigenvalue weighted by Crippen LogP contribution is -2.68. The number of ether oxygens (including phenoxy) is 5. The van der Waals surface area contributed by atoms with Crippen molar-refractivity contribution in [3.05, 3.63) is 0 Å². The van der Waals surface area contributed by atoms with Crippen molar-refractivity contribution in [1.29, 1.82) is 0 Å². The Morgan fingerprint density at radius 1 is 0.649 bits per heavy atom. The molecule has 11 N–H and O–H groups in total. The lowest BCUT2D eigenvalue weighted by molar-refractivity contribution is -0.375. The molecule has 0 aromatic rings. The van der Waals surface area contributed by atoms with Gasteiger partial charge >= 0.3 is 0 Å². The van der Waals surface area contributed by atoms with Gasteiger partial charge in [-0.1, -0.05) is 0 Å². The smallest absolute Gasteiger partial charge is 0.217 e. The van der Waals surface area contributed by atoms with Crippen molar-refractivity contribution in [2.24, 2.45) is 0 Å².